The van der Waals surface area contributed by atoms with Crippen LogP contribution in [0.2, 0.25) is 5.02 Å². The lowest BCUT2D eigenvalue weighted by atomic mass is 10.3. The van der Waals surface area contributed by atoms with Gasteiger partial charge in [0.1, 0.15) is 6.33 Å². The van der Waals surface area contributed by atoms with Gasteiger partial charge in [-0.3, -0.25) is 10.1 Å². The monoisotopic (exact) mass is 363 g/mol. The molecular weight excluding hydrogens is 355 g/mol. The van der Waals surface area contributed by atoms with Gasteiger partial charge in [-0.15, -0.1) is 0 Å². The fourth-order valence-electron chi connectivity index (χ4n) is 1.66. The summed E-state index contributed by atoms with van der Waals surface area (Å²) in [4.78, 5) is 21.3. The number of nitrogens with one attached hydrogen (secondary N) is 1. The van der Waals surface area contributed by atoms with E-state index in [2.05, 4.69) is 20.3 Å². The number of rotatable bonds is 5. The van der Waals surface area contributed by atoms with Gasteiger partial charge in [0.05, 0.1) is 22.1 Å². The first-order valence-electron chi connectivity index (χ1n) is 6.36. The summed E-state index contributed by atoms with van der Waals surface area (Å²) in [5.74, 6) is -0.829. The molecule has 8 nitrogen and oxygen atoms in total. The van der Waals surface area contributed by atoms with Gasteiger partial charge in [0, 0.05) is 6.20 Å². The summed E-state index contributed by atoms with van der Waals surface area (Å²) in [7, 11) is 0. The molecule has 2 heterocycles. The molecule has 0 atom stereocenters. The van der Waals surface area contributed by atoms with Crippen molar-refractivity contribution in [2.75, 3.05) is 11.9 Å². The van der Waals surface area contributed by atoms with Crippen LogP contribution in [0.25, 0.3) is 0 Å². The van der Waals surface area contributed by atoms with Crippen LogP contribution in [0.1, 0.15) is 12.5 Å². The number of ether oxygens (including phenoxy) is 1. The highest BCUT2D eigenvalue weighted by Gasteiger charge is 2.32. The van der Waals surface area contributed by atoms with Gasteiger partial charge in [-0.05, 0) is 13.0 Å². The zero-order chi connectivity index (χ0) is 17.9. The summed E-state index contributed by atoms with van der Waals surface area (Å²) in [6, 6.07) is 0.646. The van der Waals surface area contributed by atoms with E-state index in [0.29, 0.717) is 12.3 Å². The number of nitrogens with zero attached hydrogens (tertiary/aromatic N) is 4. The Morgan fingerprint density at radius 3 is 2.58 bits per heavy atom. The second-order valence-corrected chi connectivity index (χ2v) is 4.65. The maximum Gasteiger partial charge on any atom is 0.417 e. The van der Waals surface area contributed by atoms with Gasteiger partial charge >= 0.3 is 11.9 Å². The molecule has 0 aliphatic carbocycles. The van der Waals surface area contributed by atoms with E-state index in [0.717, 1.165) is 6.33 Å². The van der Waals surface area contributed by atoms with Crippen LogP contribution in [-0.4, -0.2) is 26.5 Å². The first kappa shape index (κ1) is 17.7. The minimum atomic E-state index is -4.61. The first-order valence-corrected chi connectivity index (χ1v) is 6.73. The Bertz CT molecular complexity index is 772. The zero-order valence-electron chi connectivity index (χ0n) is 12.0. The zero-order valence-corrected chi connectivity index (χ0v) is 12.7. The van der Waals surface area contributed by atoms with E-state index < -0.39 is 22.4 Å². The molecule has 0 aliphatic rings. The molecule has 2 aromatic rings. The van der Waals surface area contributed by atoms with Crippen LogP contribution in [0.15, 0.2) is 18.6 Å². The molecule has 12 heteroatoms. The molecule has 0 radical (unpaired) electrons. The molecule has 0 bridgehead atoms. The van der Waals surface area contributed by atoms with Gasteiger partial charge < -0.3 is 10.1 Å². The molecule has 2 aromatic heterocycles. The highest BCUT2D eigenvalue weighted by atomic mass is 35.5. The summed E-state index contributed by atoms with van der Waals surface area (Å²) in [6.45, 7) is 1.73. The number of alkyl halides is 3. The predicted octanol–water partition coefficient (Wildman–Crippen LogP) is 3.59. The standard InChI is InChI=1S/C12H9ClF3N5O3/c1-2-24-11-8(21(22)23)10(18-5-19-11)20-9-7(13)3-6(4-17-9)12(14,15)16/h3-5H,2H2,1H3,(H,17,18,19,20). The van der Waals surface area contributed by atoms with Gasteiger partial charge in [0.2, 0.25) is 5.82 Å². The van der Waals surface area contributed by atoms with Gasteiger partial charge in [0.15, 0.2) is 5.82 Å². The van der Waals surface area contributed by atoms with Crippen LogP contribution < -0.4 is 10.1 Å². The maximum atomic E-state index is 12.6. The summed E-state index contributed by atoms with van der Waals surface area (Å²) in [5.41, 5.74) is -1.64. The quantitative estimate of drug-likeness (QED) is 0.639. The van der Waals surface area contributed by atoms with Gasteiger partial charge in [0.25, 0.3) is 5.88 Å². The summed E-state index contributed by atoms with van der Waals surface area (Å²) < 4.78 is 42.8. The minimum Gasteiger partial charge on any atom is -0.473 e. The van der Waals surface area contributed by atoms with Crippen molar-refractivity contribution in [1.82, 2.24) is 15.0 Å². The molecule has 0 amide bonds. The molecule has 0 aliphatic heterocycles. The topological polar surface area (TPSA) is 103 Å². The molecule has 1 N–H and O–H groups in total. The number of halogens is 4. The number of pyridine rings is 1. The summed E-state index contributed by atoms with van der Waals surface area (Å²) >= 11 is 5.75. The largest absolute Gasteiger partial charge is 0.473 e. The lowest BCUT2D eigenvalue weighted by molar-refractivity contribution is -0.385. The average Bonchev–Trinajstić information content (AvgIpc) is 2.48. The van der Waals surface area contributed by atoms with Crippen molar-refractivity contribution in [3.8, 4) is 5.88 Å². The van der Waals surface area contributed by atoms with Gasteiger partial charge in [-0.1, -0.05) is 11.6 Å². The number of hydrogen-bond acceptors (Lipinski definition) is 7. The molecule has 0 saturated heterocycles. The third kappa shape index (κ3) is 3.79. The fourth-order valence-corrected chi connectivity index (χ4v) is 1.87. The molecule has 2 rings (SSSR count). The van der Waals surface area contributed by atoms with E-state index in [1.165, 1.54) is 0 Å². The lowest BCUT2D eigenvalue weighted by Crippen LogP contribution is -2.08. The molecule has 0 fully saturated rings. The van der Waals surface area contributed by atoms with E-state index in [9.17, 15) is 23.3 Å². The number of hydrogen-bond donors (Lipinski definition) is 1. The third-order valence-electron chi connectivity index (χ3n) is 2.66. The molecule has 24 heavy (non-hydrogen) atoms. The lowest BCUT2D eigenvalue weighted by Gasteiger charge is -2.11. The van der Waals surface area contributed by atoms with Crippen molar-refractivity contribution in [2.24, 2.45) is 0 Å². The Morgan fingerprint density at radius 1 is 1.33 bits per heavy atom. The number of aromatic nitrogens is 3. The van der Waals surface area contributed by atoms with E-state index in [4.69, 9.17) is 16.3 Å². The third-order valence-corrected chi connectivity index (χ3v) is 2.95. The highest BCUT2D eigenvalue weighted by Crippen LogP contribution is 2.36. The molecule has 128 valence electrons. The van der Waals surface area contributed by atoms with Crippen LogP contribution in [0.4, 0.5) is 30.5 Å². The molecule has 0 saturated carbocycles. The second kappa shape index (κ2) is 6.83. The second-order valence-electron chi connectivity index (χ2n) is 4.24. The smallest absolute Gasteiger partial charge is 0.417 e. The van der Waals surface area contributed by atoms with Crippen molar-refractivity contribution in [3.05, 3.63) is 39.3 Å². The molecule has 0 aromatic carbocycles. The minimum absolute atomic E-state index is 0.122. The Morgan fingerprint density at radius 2 is 2.04 bits per heavy atom. The Balaban J connectivity index is 2.41. The van der Waals surface area contributed by atoms with Crippen molar-refractivity contribution < 1.29 is 22.8 Å². The number of anilines is 2. The molecular formula is C12H9ClF3N5O3. The van der Waals surface area contributed by atoms with Crippen molar-refractivity contribution >= 4 is 28.9 Å². The van der Waals surface area contributed by atoms with Crippen LogP contribution in [-0.2, 0) is 6.18 Å². The van der Waals surface area contributed by atoms with Crippen molar-refractivity contribution in [3.63, 3.8) is 0 Å². The molecule has 0 unspecified atom stereocenters. The maximum absolute atomic E-state index is 12.6. The van der Waals surface area contributed by atoms with Crippen molar-refractivity contribution in [1.29, 1.82) is 0 Å². The average molecular weight is 364 g/mol. The van der Waals surface area contributed by atoms with Gasteiger partial charge in [-0.2, -0.15) is 18.2 Å². The number of nitro groups is 1. The van der Waals surface area contributed by atoms with E-state index >= 15 is 0 Å². The van der Waals surface area contributed by atoms with Crippen molar-refractivity contribution in [2.45, 2.75) is 13.1 Å². The van der Waals surface area contributed by atoms with Crippen LogP contribution in [0.5, 0.6) is 5.88 Å². The Labute approximate surface area is 137 Å². The van der Waals surface area contributed by atoms with Crippen LogP contribution >= 0.6 is 11.6 Å². The van der Waals surface area contributed by atoms with E-state index in [-0.39, 0.29) is 29.1 Å². The first-order chi connectivity index (χ1) is 11.2. The summed E-state index contributed by atoms with van der Waals surface area (Å²) in [6.07, 6.45) is -3.07. The van der Waals surface area contributed by atoms with E-state index in [1.807, 2.05) is 0 Å². The highest BCUT2D eigenvalue weighted by molar-refractivity contribution is 6.33. The van der Waals surface area contributed by atoms with E-state index in [1.54, 1.807) is 6.92 Å². The predicted molar refractivity (Wildman–Crippen MR) is 77.4 cm³/mol. The summed E-state index contributed by atoms with van der Waals surface area (Å²) in [5, 5.41) is 13.2. The SMILES string of the molecule is CCOc1ncnc(Nc2ncc(C(F)(F)F)cc2Cl)c1[N+](=O)[O-]. The molecule has 0 spiro atoms. The Kier molecular flexibility index (Phi) is 5.02. The normalized spacial score (nSPS) is 11.2. The van der Waals surface area contributed by atoms with Crippen LogP contribution in [0.3, 0.4) is 0 Å². The Hall–Kier alpha value is -2.69. The fraction of sp³-hybridized carbons (Fsp3) is 0.250. The van der Waals surface area contributed by atoms with Crippen LogP contribution in [0, 0.1) is 10.1 Å². The van der Waals surface area contributed by atoms with Gasteiger partial charge in [-0.25, -0.2) is 9.97 Å².